The second-order valence-electron chi connectivity index (χ2n) is 4.26. The first-order valence-electron chi connectivity index (χ1n) is 5.93. The Kier molecular flexibility index (Phi) is 4.15. The third-order valence-corrected chi connectivity index (χ3v) is 3.42. The van der Waals surface area contributed by atoms with E-state index >= 15 is 0 Å². The summed E-state index contributed by atoms with van der Waals surface area (Å²) in [4.78, 5) is 0. The molecule has 18 heavy (non-hydrogen) atoms. The molecule has 0 atom stereocenters. The van der Waals surface area contributed by atoms with E-state index in [0.29, 0.717) is 11.7 Å². The first kappa shape index (κ1) is 12.8. The van der Waals surface area contributed by atoms with Crippen LogP contribution in [0, 0.1) is 13.8 Å². The minimum absolute atomic E-state index is 0.528. The number of benzene rings is 1. The standard InChI is InChI=1S/C13H17N3OS/c1-9-5-6-11(10(2)8-9)17-7-3-4-12-15-16-13(14)18-12/h5-6,8H,3-4,7H2,1-2H3,(H2,14,16). The van der Waals surface area contributed by atoms with E-state index in [-0.39, 0.29) is 0 Å². The topological polar surface area (TPSA) is 61.0 Å². The van der Waals surface area contributed by atoms with Crippen LogP contribution in [0.15, 0.2) is 18.2 Å². The predicted octanol–water partition coefficient (Wildman–Crippen LogP) is 2.75. The quantitative estimate of drug-likeness (QED) is 0.843. The number of ether oxygens (including phenoxy) is 1. The zero-order valence-electron chi connectivity index (χ0n) is 10.6. The molecule has 0 saturated carbocycles. The molecule has 0 aliphatic carbocycles. The SMILES string of the molecule is Cc1ccc(OCCCc2nnc(N)s2)c(C)c1. The molecule has 0 bridgehead atoms. The molecule has 0 radical (unpaired) electrons. The monoisotopic (exact) mass is 263 g/mol. The van der Waals surface area contributed by atoms with Crippen LogP contribution in [0.3, 0.4) is 0 Å². The summed E-state index contributed by atoms with van der Waals surface area (Å²) in [7, 11) is 0. The summed E-state index contributed by atoms with van der Waals surface area (Å²) in [6, 6.07) is 6.21. The lowest BCUT2D eigenvalue weighted by Crippen LogP contribution is -2.00. The highest BCUT2D eigenvalue weighted by Crippen LogP contribution is 2.19. The van der Waals surface area contributed by atoms with Crippen molar-refractivity contribution in [3.63, 3.8) is 0 Å². The number of nitrogen functional groups attached to an aromatic ring is 1. The van der Waals surface area contributed by atoms with Gasteiger partial charge in [-0.2, -0.15) is 0 Å². The summed E-state index contributed by atoms with van der Waals surface area (Å²) in [5.41, 5.74) is 7.95. The molecule has 96 valence electrons. The number of anilines is 1. The van der Waals surface area contributed by atoms with Gasteiger partial charge < -0.3 is 10.5 Å². The molecule has 0 aliphatic rings. The van der Waals surface area contributed by atoms with Gasteiger partial charge in [-0.3, -0.25) is 0 Å². The molecule has 0 spiro atoms. The molecule has 0 saturated heterocycles. The molecule has 0 aliphatic heterocycles. The van der Waals surface area contributed by atoms with Crippen molar-refractivity contribution >= 4 is 16.5 Å². The van der Waals surface area contributed by atoms with Gasteiger partial charge in [0.05, 0.1) is 6.61 Å². The second kappa shape index (κ2) is 5.82. The lowest BCUT2D eigenvalue weighted by atomic mass is 10.1. The Morgan fingerprint density at radius 1 is 1.28 bits per heavy atom. The van der Waals surface area contributed by atoms with Crippen LogP contribution in [-0.2, 0) is 6.42 Å². The Balaban J connectivity index is 1.78. The van der Waals surface area contributed by atoms with Gasteiger partial charge in [-0.25, -0.2) is 0 Å². The Morgan fingerprint density at radius 3 is 2.78 bits per heavy atom. The van der Waals surface area contributed by atoms with Crippen molar-refractivity contribution in [3.05, 3.63) is 34.3 Å². The fraction of sp³-hybridized carbons (Fsp3) is 0.385. The van der Waals surface area contributed by atoms with E-state index in [1.54, 1.807) is 0 Å². The average molecular weight is 263 g/mol. The molecule has 0 amide bonds. The number of aryl methyl sites for hydroxylation is 3. The van der Waals surface area contributed by atoms with Crippen LogP contribution in [0.25, 0.3) is 0 Å². The molecule has 4 nitrogen and oxygen atoms in total. The summed E-state index contributed by atoms with van der Waals surface area (Å²) in [5.74, 6) is 0.956. The minimum Gasteiger partial charge on any atom is -0.493 e. The molecule has 1 aromatic carbocycles. The van der Waals surface area contributed by atoms with Crippen LogP contribution in [0.4, 0.5) is 5.13 Å². The molecular weight excluding hydrogens is 246 g/mol. The average Bonchev–Trinajstić information content (AvgIpc) is 2.73. The van der Waals surface area contributed by atoms with Gasteiger partial charge in [-0.15, -0.1) is 10.2 Å². The van der Waals surface area contributed by atoms with E-state index in [0.717, 1.165) is 23.6 Å². The van der Waals surface area contributed by atoms with Gasteiger partial charge in [0.1, 0.15) is 10.8 Å². The lowest BCUT2D eigenvalue weighted by Gasteiger charge is -2.08. The first-order chi connectivity index (χ1) is 8.65. The van der Waals surface area contributed by atoms with Gasteiger partial charge in [-0.05, 0) is 31.9 Å². The van der Waals surface area contributed by atoms with E-state index in [9.17, 15) is 0 Å². The largest absolute Gasteiger partial charge is 0.493 e. The summed E-state index contributed by atoms with van der Waals surface area (Å²) in [6.07, 6.45) is 1.78. The maximum Gasteiger partial charge on any atom is 0.203 e. The maximum absolute atomic E-state index is 5.75. The molecule has 0 unspecified atom stereocenters. The fourth-order valence-corrected chi connectivity index (χ4v) is 2.39. The zero-order valence-corrected chi connectivity index (χ0v) is 11.5. The van der Waals surface area contributed by atoms with Crippen molar-refractivity contribution in [2.45, 2.75) is 26.7 Å². The van der Waals surface area contributed by atoms with E-state index in [2.05, 4.69) is 36.2 Å². The molecule has 0 fully saturated rings. The van der Waals surface area contributed by atoms with Gasteiger partial charge in [0.25, 0.3) is 0 Å². The summed E-state index contributed by atoms with van der Waals surface area (Å²) < 4.78 is 5.75. The Bertz CT molecular complexity index is 525. The summed E-state index contributed by atoms with van der Waals surface area (Å²) in [5, 5.41) is 9.26. The lowest BCUT2D eigenvalue weighted by molar-refractivity contribution is 0.309. The number of hydrogen-bond donors (Lipinski definition) is 1. The van der Waals surface area contributed by atoms with Crippen LogP contribution in [0.1, 0.15) is 22.6 Å². The van der Waals surface area contributed by atoms with Crippen molar-refractivity contribution in [2.24, 2.45) is 0 Å². The second-order valence-corrected chi connectivity index (χ2v) is 5.35. The Hall–Kier alpha value is -1.62. The molecule has 2 aromatic rings. The number of nitrogens with two attached hydrogens (primary N) is 1. The molecule has 1 aromatic heterocycles. The van der Waals surface area contributed by atoms with Crippen molar-refractivity contribution in [3.8, 4) is 5.75 Å². The van der Waals surface area contributed by atoms with Crippen LogP contribution < -0.4 is 10.5 Å². The van der Waals surface area contributed by atoms with Crippen molar-refractivity contribution < 1.29 is 4.74 Å². The van der Waals surface area contributed by atoms with Gasteiger partial charge in [-0.1, -0.05) is 29.0 Å². The van der Waals surface area contributed by atoms with Crippen molar-refractivity contribution in [1.82, 2.24) is 10.2 Å². The van der Waals surface area contributed by atoms with Crippen molar-refractivity contribution in [1.29, 1.82) is 0 Å². The Labute approximate surface area is 111 Å². The maximum atomic E-state index is 5.75. The van der Waals surface area contributed by atoms with E-state index in [1.165, 1.54) is 22.5 Å². The first-order valence-corrected chi connectivity index (χ1v) is 6.75. The van der Waals surface area contributed by atoms with Gasteiger partial charge in [0.2, 0.25) is 5.13 Å². The number of aromatic nitrogens is 2. The molecule has 5 heteroatoms. The predicted molar refractivity (Wildman–Crippen MR) is 74.1 cm³/mol. The Morgan fingerprint density at radius 2 is 2.11 bits per heavy atom. The van der Waals surface area contributed by atoms with Crippen LogP contribution >= 0.6 is 11.3 Å². The highest BCUT2D eigenvalue weighted by Gasteiger charge is 2.02. The highest BCUT2D eigenvalue weighted by molar-refractivity contribution is 7.15. The van der Waals surface area contributed by atoms with E-state index < -0.39 is 0 Å². The number of hydrogen-bond acceptors (Lipinski definition) is 5. The molecule has 2 rings (SSSR count). The summed E-state index contributed by atoms with van der Waals surface area (Å²) >= 11 is 1.44. The van der Waals surface area contributed by atoms with Gasteiger partial charge in [0, 0.05) is 6.42 Å². The highest BCUT2D eigenvalue weighted by atomic mass is 32.1. The molecule has 1 heterocycles. The third-order valence-electron chi connectivity index (χ3n) is 2.61. The van der Waals surface area contributed by atoms with Gasteiger partial charge >= 0.3 is 0 Å². The van der Waals surface area contributed by atoms with Crippen molar-refractivity contribution in [2.75, 3.05) is 12.3 Å². The smallest absolute Gasteiger partial charge is 0.203 e. The molecular formula is C13H17N3OS. The van der Waals surface area contributed by atoms with Gasteiger partial charge in [0.15, 0.2) is 0 Å². The van der Waals surface area contributed by atoms with E-state index in [4.69, 9.17) is 10.5 Å². The fourth-order valence-electron chi connectivity index (χ4n) is 1.73. The van der Waals surface area contributed by atoms with Crippen LogP contribution in [0.2, 0.25) is 0 Å². The normalized spacial score (nSPS) is 10.6. The zero-order chi connectivity index (χ0) is 13.0. The number of nitrogens with zero attached hydrogens (tertiary/aromatic N) is 2. The third kappa shape index (κ3) is 3.43. The van der Waals surface area contributed by atoms with E-state index in [1.807, 2.05) is 6.07 Å². The number of rotatable bonds is 5. The minimum atomic E-state index is 0.528. The molecule has 2 N–H and O–H groups in total. The van der Waals surface area contributed by atoms with Crippen LogP contribution in [0.5, 0.6) is 5.75 Å². The van der Waals surface area contributed by atoms with Crippen LogP contribution in [-0.4, -0.2) is 16.8 Å². The summed E-state index contributed by atoms with van der Waals surface area (Å²) in [6.45, 7) is 4.83.